The Hall–Kier alpha value is -1.81. The second-order valence-electron chi connectivity index (χ2n) is 8.12. The zero-order valence-corrected chi connectivity index (χ0v) is 16.2. The van der Waals surface area contributed by atoms with Crippen LogP contribution in [-0.2, 0) is 4.74 Å². The van der Waals surface area contributed by atoms with Crippen LogP contribution in [0.5, 0.6) is 0 Å². The van der Waals surface area contributed by atoms with E-state index in [0.717, 1.165) is 42.4 Å². The van der Waals surface area contributed by atoms with Gasteiger partial charge in [-0.1, -0.05) is 19.8 Å². The molecule has 4 rings (SSSR count). The lowest BCUT2D eigenvalue weighted by Crippen LogP contribution is -2.50. The minimum absolute atomic E-state index is 0.153. The van der Waals surface area contributed by atoms with Crippen molar-refractivity contribution in [2.45, 2.75) is 65.1 Å². The van der Waals surface area contributed by atoms with E-state index >= 15 is 0 Å². The standard InChI is InChI=1S/C22H30N2O2/c1-4-5-6-18-12-24(13-21(26-18)16-7-8-16)22(25)17-9-10-20-19(11-17)14(2)15(3)23-20/h9-11,16,18,21,23H,4-8,12-13H2,1-3H3/t18-,21-/m1/s1. The number of carbonyl (C=O) groups excluding carboxylic acids is 1. The van der Waals surface area contributed by atoms with Gasteiger partial charge in [0.05, 0.1) is 12.2 Å². The molecule has 1 aliphatic carbocycles. The Kier molecular flexibility index (Phi) is 4.78. The summed E-state index contributed by atoms with van der Waals surface area (Å²) in [5.74, 6) is 0.812. The van der Waals surface area contributed by atoms with Crippen LogP contribution in [0, 0.1) is 19.8 Å². The average Bonchev–Trinajstić information content (AvgIpc) is 3.46. The van der Waals surface area contributed by atoms with Crippen molar-refractivity contribution >= 4 is 16.8 Å². The molecule has 2 fully saturated rings. The molecule has 4 heteroatoms. The third-order valence-electron chi connectivity index (χ3n) is 6.06. The second kappa shape index (κ2) is 7.07. The first-order valence-electron chi connectivity index (χ1n) is 10.1. The fourth-order valence-electron chi connectivity index (χ4n) is 4.13. The molecule has 2 aliphatic rings. The number of unbranched alkanes of at least 4 members (excludes halogenated alkanes) is 1. The van der Waals surface area contributed by atoms with Gasteiger partial charge in [0, 0.05) is 35.2 Å². The highest BCUT2D eigenvalue weighted by Crippen LogP contribution is 2.37. The number of aromatic nitrogens is 1. The van der Waals surface area contributed by atoms with E-state index in [4.69, 9.17) is 4.74 Å². The average molecular weight is 354 g/mol. The lowest BCUT2D eigenvalue weighted by molar-refractivity contribution is -0.0874. The monoisotopic (exact) mass is 354 g/mol. The van der Waals surface area contributed by atoms with Crippen LogP contribution in [0.3, 0.4) is 0 Å². The van der Waals surface area contributed by atoms with Crippen LogP contribution in [0.1, 0.15) is 60.6 Å². The Bertz CT molecular complexity index is 806. The second-order valence-corrected chi connectivity index (χ2v) is 8.12. The molecule has 1 aromatic heterocycles. The summed E-state index contributed by atoms with van der Waals surface area (Å²) < 4.78 is 6.32. The minimum Gasteiger partial charge on any atom is -0.371 e. The van der Waals surface area contributed by atoms with Crippen LogP contribution in [0.4, 0.5) is 0 Å². The van der Waals surface area contributed by atoms with Gasteiger partial charge in [-0.15, -0.1) is 0 Å². The third-order valence-corrected chi connectivity index (χ3v) is 6.06. The van der Waals surface area contributed by atoms with Crippen molar-refractivity contribution in [2.75, 3.05) is 13.1 Å². The highest BCUT2D eigenvalue weighted by Gasteiger charge is 2.39. The van der Waals surface area contributed by atoms with Gasteiger partial charge >= 0.3 is 0 Å². The first kappa shape index (κ1) is 17.6. The lowest BCUT2D eigenvalue weighted by Gasteiger charge is -2.38. The van der Waals surface area contributed by atoms with Crippen LogP contribution >= 0.6 is 0 Å². The topological polar surface area (TPSA) is 45.3 Å². The van der Waals surface area contributed by atoms with Crippen LogP contribution in [0.2, 0.25) is 0 Å². The van der Waals surface area contributed by atoms with E-state index in [9.17, 15) is 4.79 Å². The Morgan fingerprint density at radius 1 is 1.27 bits per heavy atom. The van der Waals surface area contributed by atoms with Crippen LogP contribution < -0.4 is 0 Å². The van der Waals surface area contributed by atoms with E-state index in [1.54, 1.807) is 0 Å². The smallest absolute Gasteiger partial charge is 0.254 e. The molecular formula is C22H30N2O2. The van der Waals surface area contributed by atoms with E-state index in [2.05, 4.69) is 31.8 Å². The Balaban J connectivity index is 1.56. The normalized spacial score (nSPS) is 23.6. The van der Waals surface area contributed by atoms with Crippen molar-refractivity contribution in [3.05, 3.63) is 35.0 Å². The number of carbonyl (C=O) groups is 1. The molecule has 1 aliphatic heterocycles. The van der Waals surface area contributed by atoms with Crippen LogP contribution in [0.15, 0.2) is 18.2 Å². The molecule has 4 nitrogen and oxygen atoms in total. The van der Waals surface area contributed by atoms with Gasteiger partial charge in [0.25, 0.3) is 5.91 Å². The highest BCUT2D eigenvalue weighted by molar-refractivity contribution is 5.99. The molecule has 1 aromatic carbocycles. The molecule has 0 spiro atoms. The van der Waals surface area contributed by atoms with Crippen LogP contribution in [0.25, 0.3) is 10.9 Å². The fourth-order valence-corrected chi connectivity index (χ4v) is 4.13. The minimum atomic E-state index is 0.153. The summed E-state index contributed by atoms with van der Waals surface area (Å²) in [7, 11) is 0. The molecule has 1 saturated heterocycles. The fraction of sp³-hybridized carbons (Fsp3) is 0.591. The Labute approximate surface area is 155 Å². The van der Waals surface area contributed by atoms with E-state index in [1.807, 2.05) is 17.0 Å². The number of rotatable bonds is 5. The summed E-state index contributed by atoms with van der Waals surface area (Å²) in [4.78, 5) is 18.7. The van der Waals surface area contributed by atoms with Gasteiger partial charge in [-0.3, -0.25) is 4.79 Å². The molecule has 0 unspecified atom stereocenters. The Morgan fingerprint density at radius 2 is 2.08 bits per heavy atom. The number of nitrogens with zero attached hydrogens (tertiary/aromatic N) is 1. The Morgan fingerprint density at radius 3 is 2.81 bits per heavy atom. The van der Waals surface area contributed by atoms with Crippen molar-refractivity contribution in [3.63, 3.8) is 0 Å². The van der Waals surface area contributed by atoms with E-state index < -0.39 is 0 Å². The maximum absolute atomic E-state index is 13.2. The van der Waals surface area contributed by atoms with E-state index in [1.165, 1.54) is 30.5 Å². The molecule has 2 aromatic rings. The molecule has 0 radical (unpaired) electrons. The number of amides is 1. The maximum Gasteiger partial charge on any atom is 0.254 e. The van der Waals surface area contributed by atoms with E-state index in [0.29, 0.717) is 5.92 Å². The number of nitrogens with one attached hydrogen (secondary N) is 1. The zero-order valence-electron chi connectivity index (χ0n) is 16.2. The zero-order chi connectivity index (χ0) is 18.3. The molecule has 140 valence electrons. The van der Waals surface area contributed by atoms with Gasteiger partial charge in [0.15, 0.2) is 0 Å². The van der Waals surface area contributed by atoms with Crippen molar-refractivity contribution < 1.29 is 9.53 Å². The SMILES string of the molecule is CCCC[C@@H]1CN(C(=O)c2ccc3[nH]c(C)c(C)c3c2)C[C@H](C2CC2)O1. The number of hydrogen-bond acceptors (Lipinski definition) is 2. The number of ether oxygens (including phenoxy) is 1. The number of hydrogen-bond donors (Lipinski definition) is 1. The number of benzene rings is 1. The van der Waals surface area contributed by atoms with Gasteiger partial charge < -0.3 is 14.6 Å². The number of aromatic amines is 1. The summed E-state index contributed by atoms with van der Waals surface area (Å²) >= 11 is 0. The summed E-state index contributed by atoms with van der Waals surface area (Å²) in [5, 5.41) is 1.16. The molecule has 2 heterocycles. The van der Waals surface area contributed by atoms with Crippen molar-refractivity contribution in [2.24, 2.45) is 5.92 Å². The number of aryl methyl sites for hydroxylation is 2. The number of H-pyrrole nitrogens is 1. The molecule has 26 heavy (non-hydrogen) atoms. The highest BCUT2D eigenvalue weighted by atomic mass is 16.5. The summed E-state index contributed by atoms with van der Waals surface area (Å²) in [6.07, 6.45) is 6.32. The molecule has 1 saturated carbocycles. The molecule has 1 N–H and O–H groups in total. The van der Waals surface area contributed by atoms with Gasteiger partial charge in [-0.05, 0) is 62.8 Å². The predicted molar refractivity (Wildman–Crippen MR) is 105 cm³/mol. The predicted octanol–water partition coefficient (Wildman–Crippen LogP) is 4.59. The van der Waals surface area contributed by atoms with Crippen molar-refractivity contribution in [3.8, 4) is 0 Å². The number of morpholine rings is 1. The largest absolute Gasteiger partial charge is 0.371 e. The maximum atomic E-state index is 13.2. The molecule has 1 amide bonds. The van der Waals surface area contributed by atoms with Gasteiger partial charge in [0.1, 0.15) is 0 Å². The van der Waals surface area contributed by atoms with Gasteiger partial charge in [0.2, 0.25) is 0 Å². The first-order valence-corrected chi connectivity index (χ1v) is 10.1. The van der Waals surface area contributed by atoms with Crippen molar-refractivity contribution in [1.29, 1.82) is 0 Å². The first-order chi connectivity index (χ1) is 12.6. The van der Waals surface area contributed by atoms with E-state index in [-0.39, 0.29) is 18.1 Å². The molecule has 2 atom stereocenters. The lowest BCUT2D eigenvalue weighted by atomic mass is 10.0. The van der Waals surface area contributed by atoms with Crippen molar-refractivity contribution in [1.82, 2.24) is 9.88 Å². The van der Waals surface area contributed by atoms with Gasteiger partial charge in [-0.2, -0.15) is 0 Å². The summed E-state index contributed by atoms with van der Waals surface area (Å²) in [6.45, 7) is 7.87. The number of fused-ring (bicyclic) bond motifs is 1. The molecular weight excluding hydrogens is 324 g/mol. The summed E-state index contributed by atoms with van der Waals surface area (Å²) in [5.41, 5.74) is 4.30. The molecule has 0 bridgehead atoms. The summed E-state index contributed by atoms with van der Waals surface area (Å²) in [6, 6.07) is 6.05. The van der Waals surface area contributed by atoms with Gasteiger partial charge in [-0.25, -0.2) is 0 Å². The van der Waals surface area contributed by atoms with Crippen LogP contribution in [-0.4, -0.2) is 41.1 Å². The third kappa shape index (κ3) is 3.39. The quantitative estimate of drug-likeness (QED) is 0.853.